The predicted octanol–water partition coefficient (Wildman–Crippen LogP) is 3.53. The van der Waals surface area contributed by atoms with Gasteiger partial charge in [-0.15, -0.1) is 24.2 Å². The van der Waals surface area contributed by atoms with Gasteiger partial charge in [-0.2, -0.15) is 0 Å². The molecule has 0 aliphatic rings. The quantitative estimate of drug-likeness (QED) is 0.638. The normalized spacial score (nSPS) is 12.6. The van der Waals surface area contributed by atoms with Gasteiger partial charge in [0.15, 0.2) is 0 Å². The molecule has 1 unspecified atom stereocenters. The molecule has 26 heavy (non-hydrogen) atoms. The second kappa shape index (κ2) is 11.8. The minimum atomic E-state index is -0.517. The number of ether oxygens (including phenoxy) is 1. The zero-order chi connectivity index (χ0) is 18.1. The zero-order valence-electron chi connectivity index (χ0n) is 15.2. The maximum atomic E-state index is 12.2. The van der Waals surface area contributed by atoms with Gasteiger partial charge in [0.1, 0.15) is 5.75 Å². The molecule has 0 aliphatic heterocycles. The third kappa shape index (κ3) is 7.28. The molecule has 1 amide bonds. The van der Waals surface area contributed by atoms with Crippen LogP contribution in [0.25, 0.3) is 0 Å². The first-order chi connectivity index (χ1) is 12.1. The second-order valence-corrected chi connectivity index (χ2v) is 7.17. The van der Waals surface area contributed by atoms with Crippen LogP contribution in [-0.2, 0) is 11.2 Å². The molecular formula is C20H27ClN2O2S. The standard InChI is InChI=1S/C20H26N2O2S.ClH/c1-15(14-25-19-11-7-6-10-18(19)24-2)13-22-20(23)17(21)12-16-8-4-3-5-9-16;/h3-11,15,17H,12-14,21H2,1-2H3,(H,22,23);1H/t15?,17-;/m0./s1. The molecule has 0 heterocycles. The largest absolute Gasteiger partial charge is 0.496 e. The van der Waals surface area contributed by atoms with Crippen LogP contribution < -0.4 is 15.8 Å². The van der Waals surface area contributed by atoms with Crippen molar-refractivity contribution in [2.75, 3.05) is 19.4 Å². The Morgan fingerprint density at radius 2 is 1.81 bits per heavy atom. The number of amides is 1. The van der Waals surface area contributed by atoms with Crippen molar-refractivity contribution in [1.29, 1.82) is 0 Å². The molecule has 2 atom stereocenters. The molecule has 0 spiro atoms. The van der Waals surface area contributed by atoms with Gasteiger partial charge < -0.3 is 15.8 Å². The smallest absolute Gasteiger partial charge is 0.237 e. The first-order valence-corrected chi connectivity index (χ1v) is 9.41. The zero-order valence-corrected chi connectivity index (χ0v) is 16.8. The topological polar surface area (TPSA) is 64.3 Å². The number of hydrogen-bond donors (Lipinski definition) is 2. The van der Waals surface area contributed by atoms with Crippen molar-refractivity contribution in [1.82, 2.24) is 5.32 Å². The molecular weight excluding hydrogens is 368 g/mol. The Morgan fingerprint density at radius 3 is 2.50 bits per heavy atom. The average molecular weight is 395 g/mol. The number of halogens is 1. The highest BCUT2D eigenvalue weighted by Gasteiger charge is 2.15. The van der Waals surface area contributed by atoms with E-state index in [-0.39, 0.29) is 18.3 Å². The van der Waals surface area contributed by atoms with Gasteiger partial charge in [-0.25, -0.2) is 0 Å². The fourth-order valence-electron chi connectivity index (χ4n) is 2.40. The van der Waals surface area contributed by atoms with Crippen LogP contribution in [0.2, 0.25) is 0 Å². The van der Waals surface area contributed by atoms with Crippen molar-refractivity contribution >= 4 is 30.1 Å². The van der Waals surface area contributed by atoms with E-state index in [0.717, 1.165) is 22.0 Å². The van der Waals surface area contributed by atoms with Gasteiger partial charge >= 0.3 is 0 Å². The minimum Gasteiger partial charge on any atom is -0.496 e. The number of carbonyl (C=O) groups excluding carboxylic acids is 1. The number of hydrogen-bond acceptors (Lipinski definition) is 4. The van der Waals surface area contributed by atoms with E-state index in [1.165, 1.54) is 0 Å². The molecule has 2 aromatic carbocycles. The van der Waals surface area contributed by atoms with Crippen molar-refractivity contribution in [2.45, 2.75) is 24.3 Å². The monoisotopic (exact) mass is 394 g/mol. The third-order valence-electron chi connectivity index (χ3n) is 3.85. The number of nitrogens with two attached hydrogens (primary N) is 1. The molecule has 2 aromatic rings. The number of benzene rings is 2. The van der Waals surface area contributed by atoms with Gasteiger partial charge in [0, 0.05) is 17.2 Å². The molecule has 3 N–H and O–H groups in total. The summed E-state index contributed by atoms with van der Waals surface area (Å²) in [6, 6.07) is 17.3. The van der Waals surface area contributed by atoms with Crippen molar-refractivity contribution in [3.05, 3.63) is 60.2 Å². The maximum Gasteiger partial charge on any atom is 0.237 e. The lowest BCUT2D eigenvalue weighted by Gasteiger charge is -2.16. The van der Waals surface area contributed by atoms with E-state index in [2.05, 4.69) is 12.2 Å². The Hall–Kier alpha value is -1.69. The van der Waals surface area contributed by atoms with Crippen molar-refractivity contribution in [2.24, 2.45) is 11.7 Å². The molecule has 0 aromatic heterocycles. The van der Waals surface area contributed by atoms with Gasteiger partial charge in [0.2, 0.25) is 5.91 Å². The highest BCUT2D eigenvalue weighted by Crippen LogP contribution is 2.29. The minimum absolute atomic E-state index is 0. The summed E-state index contributed by atoms with van der Waals surface area (Å²) in [7, 11) is 1.68. The third-order valence-corrected chi connectivity index (χ3v) is 5.24. The Kier molecular flexibility index (Phi) is 10.2. The SMILES string of the molecule is COc1ccccc1SCC(C)CNC(=O)[C@@H](N)Cc1ccccc1.Cl. The number of rotatable bonds is 9. The van der Waals surface area contributed by atoms with Crippen LogP contribution in [0.3, 0.4) is 0 Å². The van der Waals surface area contributed by atoms with Crippen LogP contribution in [0.5, 0.6) is 5.75 Å². The van der Waals surface area contributed by atoms with Crippen LogP contribution in [-0.4, -0.2) is 31.4 Å². The molecule has 0 bridgehead atoms. The van der Waals surface area contributed by atoms with E-state index < -0.39 is 6.04 Å². The summed E-state index contributed by atoms with van der Waals surface area (Å²) in [6.45, 7) is 2.73. The molecule has 6 heteroatoms. The van der Waals surface area contributed by atoms with Crippen molar-refractivity contribution in [3.8, 4) is 5.75 Å². The molecule has 4 nitrogen and oxygen atoms in total. The van der Waals surface area contributed by atoms with E-state index in [1.54, 1.807) is 18.9 Å². The van der Waals surface area contributed by atoms with Crippen LogP contribution in [0.4, 0.5) is 0 Å². The number of para-hydroxylation sites is 1. The van der Waals surface area contributed by atoms with E-state index in [1.807, 2.05) is 54.6 Å². The molecule has 0 saturated carbocycles. The van der Waals surface area contributed by atoms with Gasteiger partial charge in [-0.3, -0.25) is 4.79 Å². The number of carbonyl (C=O) groups is 1. The molecule has 142 valence electrons. The van der Waals surface area contributed by atoms with Gasteiger partial charge in [0.05, 0.1) is 13.2 Å². The molecule has 2 rings (SSSR count). The fourth-order valence-corrected chi connectivity index (χ4v) is 3.45. The van der Waals surface area contributed by atoms with Crippen LogP contribution in [0.15, 0.2) is 59.5 Å². The van der Waals surface area contributed by atoms with Crippen LogP contribution in [0, 0.1) is 5.92 Å². The van der Waals surface area contributed by atoms with E-state index >= 15 is 0 Å². The molecule has 0 aliphatic carbocycles. The number of methoxy groups -OCH3 is 1. The van der Waals surface area contributed by atoms with E-state index in [9.17, 15) is 4.79 Å². The van der Waals surface area contributed by atoms with Crippen LogP contribution >= 0.6 is 24.2 Å². The van der Waals surface area contributed by atoms with Gasteiger partial charge in [-0.05, 0) is 30.0 Å². The average Bonchev–Trinajstić information content (AvgIpc) is 2.65. The summed E-state index contributed by atoms with van der Waals surface area (Å²) in [5.41, 5.74) is 7.08. The van der Waals surface area contributed by atoms with Crippen molar-refractivity contribution in [3.63, 3.8) is 0 Å². The summed E-state index contributed by atoms with van der Waals surface area (Å²) >= 11 is 1.73. The molecule has 0 radical (unpaired) electrons. The highest BCUT2D eigenvalue weighted by atomic mass is 35.5. The first kappa shape index (κ1) is 22.4. The summed E-state index contributed by atoms with van der Waals surface area (Å²) < 4.78 is 5.36. The first-order valence-electron chi connectivity index (χ1n) is 8.43. The summed E-state index contributed by atoms with van der Waals surface area (Å²) in [6.07, 6.45) is 0.553. The summed E-state index contributed by atoms with van der Waals surface area (Å²) in [4.78, 5) is 13.3. The highest BCUT2D eigenvalue weighted by molar-refractivity contribution is 7.99. The fraction of sp³-hybridized carbons (Fsp3) is 0.350. The van der Waals surface area contributed by atoms with Crippen molar-refractivity contribution < 1.29 is 9.53 Å². The molecule has 0 saturated heterocycles. The lowest BCUT2D eigenvalue weighted by molar-refractivity contribution is -0.122. The lowest BCUT2D eigenvalue weighted by atomic mass is 10.1. The number of thioether (sulfide) groups is 1. The lowest BCUT2D eigenvalue weighted by Crippen LogP contribution is -2.43. The van der Waals surface area contributed by atoms with Gasteiger partial charge in [-0.1, -0.05) is 49.4 Å². The number of nitrogens with one attached hydrogen (secondary N) is 1. The van der Waals surface area contributed by atoms with E-state index in [0.29, 0.717) is 18.9 Å². The Morgan fingerprint density at radius 1 is 1.15 bits per heavy atom. The van der Waals surface area contributed by atoms with Gasteiger partial charge in [0.25, 0.3) is 0 Å². The Balaban J connectivity index is 0.00000338. The van der Waals surface area contributed by atoms with Crippen LogP contribution in [0.1, 0.15) is 12.5 Å². The Bertz CT molecular complexity index is 670. The molecule has 0 fully saturated rings. The summed E-state index contributed by atoms with van der Waals surface area (Å²) in [5.74, 6) is 2.02. The van der Waals surface area contributed by atoms with E-state index in [4.69, 9.17) is 10.5 Å². The second-order valence-electron chi connectivity index (χ2n) is 6.11. The predicted molar refractivity (Wildman–Crippen MR) is 111 cm³/mol. The summed E-state index contributed by atoms with van der Waals surface area (Å²) in [5, 5.41) is 2.96. The maximum absolute atomic E-state index is 12.2. The Labute approximate surface area is 166 Å².